The predicted molar refractivity (Wildman–Crippen MR) is 276 cm³/mol. The summed E-state index contributed by atoms with van der Waals surface area (Å²) in [5, 5.41) is 0. The van der Waals surface area contributed by atoms with E-state index >= 15 is 8.78 Å². The van der Waals surface area contributed by atoms with E-state index in [1.165, 1.54) is 12.1 Å². The van der Waals surface area contributed by atoms with Gasteiger partial charge in [0, 0.05) is 34.9 Å². The van der Waals surface area contributed by atoms with Crippen LogP contribution in [0.4, 0.5) is 54.3 Å². The number of halogens is 2. The molecule has 0 amide bonds. The topological polar surface area (TPSA) is 13.0 Å². The van der Waals surface area contributed by atoms with Crippen LogP contribution in [0.3, 0.4) is 0 Å². The molecule has 2 aliphatic heterocycles. The monoisotopic (exact) mass is 880 g/mol. The minimum Gasteiger partial charge on any atom is -0.291 e. The number of nitrogens with zero attached hydrogens (tertiary/aromatic N) is 4. The molecule has 0 bridgehead atoms. The van der Waals surface area contributed by atoms with Gasteiger partial charge < -0.3 is 0 Å². The first kappa shape index (κ1) is 40.5. The first-order chi connectivity index (χ1) is 33.6. The minimum atomic E-state index is -0.367. The molecule has 0 saturated heterocycles. The second-order valence-corrected chi connectivity index (χ2v) is 16.9. The zero-order chi connectivity index (χ0) is 45.6. The number of fused-ring (bicyclic) bond motifs is 2. The maximum atomic E-state index is 16.1. The Morgan fingerprint density at radius 1 is 0.206 bits per heavy atom. The summed E-state index contributed by atoms with van der Waals surface area (Å²) >= 11 is 0. The van der Waals surface area contributed by atoms with Crippen LogP contribution in [0.1, 0.15) is 0 Å². The molecular formula is C62H42F2N4. The highest BCUT2D eigenvalue weighted by Crippen LogP contribution is 2.58. The third-order valence-electron chi connectivity index (χ3n) is 12.7. The normalized spacial score (nSPS) is 14.0. The van der Waals surface area contributed by atoms with Gasteiger partial charge in [-0.3, -0.25) is 19.6 Å². The van der Waals surface area contributed by atoms with Crippen molar-refractivity contribution in [1.82, 2.24) is 0 Å². The van der Waals surface area contributed by atoms with Gasteiger partial charge in [0.2, 0.25) is 0 Å². The van der Waals surface area contributed by atoms with Crippen molar-refractivity contribution in [1.29, 1.82) is 0 Å². The molecule has 6 heteroatoms. The standard InChI is InChI=1S/C62H42F2N4/c63-51-33-35-57-59(41-51)67(55-31-15-27-49(39-55)45-21-9-3-10-22-45)61(65(57)53-29-13-25-47(37-53)43-17-5-1-6-18-43)62-66(54-30-14-26-48(38-54)44-19-7-2-8-20-44)58-36-34-52(64)42-60(58)68(62)56-32-16-28-50(40-56)46-23-11-4-12-24-46/h1-42H/b62-61+. The van der Waals surface area contributed by atoms with Crippen LogP contribution in [-0.2, 0) is 0 Å². The van der Waals surface area contributed by atoms with Gasteiger partial charge in [0.15, 0.2) is 11.6 Å². The third kappa shape index (κ3) is 7.25. The average Bonchev–Trinajstić information content (AvgIpc) is 3.92. The second kappa shape index (κ2) is 17.1. The van der Waals surface area contributed by atoms with E-state index in [-0.39, 0.29) is 11.6 Å². The van der Waals surface area contributed by atoms with E-state index in [2.05, 4.69) is 165 Å². The molecule has 0 unspecified atom stereocenters. The van der Waals surface area contributed by atoms with Crippen molar-refractivity contribution in [2.45, 2.75) is 0 Å². The lowest BCUT2D eigenvalue weighted by Gasteiger charge is -2.34. The van der Waals surface area contributed by atoms with E-state index in [0.717, 1.165) is 78.6 Å². The Labute approximate surface area is 394 Å². The summed E-state index contributed by atoms with van der Waals surface area (Å²) < 4.78 is 32.3. The maximum Gasteiger partial charge on any atom is 0.166 e. The Kier molecular flexibility index (Phi) is 10.2. The molecule has 0 fully saturated rings. The highest BCUT2D eigenvalue weighted by atomic mass is 19.1. The highest BCUT2D eigenvalue weighted by molar-refractivity contribution is 6.01. The molecule has 0 N–H and O–H groups in total. The van der Waals surface area contributed by atoms with Crippen LogP contribution in [0.25, 0.3) is 44.5 Å². The van der Waals surface area contributed by atoms with Crippen molar-refractivity contribution in [3.05, 3.63) is 278 Å². The molecule has 2 heterocycles. The van der Waals surface area contributed by atoms with Crippen LogP contribution in [0.15, 0.2) is 266 Å². The van der Waals surface area contributed by atoms with E-state index in [1.807, 2.05) is 84.9 Å². The second-order valence-electron chi connectivity index (χ2n) is 16.9. The lowest BCUT2D eigenvalue weighted by molar-refractivity contribution is 0.628. The maximum absolute atomic E-state index is 16.1. The van der Waals surface area contributed by atoms with Gasteiger partial charge >= 0.3 is 0 Å². The minimum absolute atomic E-state index is 0.367. The molecule has 10 aromatic rings. The van der Waals surface area contributed by atoms with E-state index < -0.39 is 0 Å². The molecular weight excluding hydrogens is 839 g/mol. The third-order valence-corrected chi connectivity index (χ3v) is 12.7. The lowest BCUT2D eigenvalue weighted by atomic mass is 10.0. The van der Waals surface area contributed by atoms with E-state index in [4.69, 9.17) is 0 Å². The number of anilines is 8. The Bertz CT molecular complexity index is 3270. The van der Waals surface area contributed by atoms with Crippen LogP contribution in [0, 0.1) is 11.6 Å². The lowest BCUT2D eigenvalue weighted by Crippen LogP contribution is -2.33. The largest absolute Gasteiger partial charge is 0.291 e. The van der Waals surface area contributed by atoms with Crippen LogP contribution >= 0.6 is 0 Å². The molecule has 2 aliphatic rings. The average molecular weight is 881 g/mol. The highest BCUT2D eigenvalue weighted by Gasteiger charge is 2.45. The molecule has 0 spiro atoms. The van der Waals surface area contributed by atoms with Gasteiger partial charge in [-0.15, -0.1) is 0 Å². The zero-order valence-corrected chi connectivity index (χ0v) is 36.8. The molecule has 324 valence electrons. The fraction of sp³-hybridized carbons (Fsp3) is 0. The Hall–Kier alpha value is -9.00. The van der Waals surface area contributed by atoms with Crippen molar-refractivity contribution in [3.8, 4) is 44.5 Å². The Morgan fingerprint density at radius 3 is 0.735 bits per heavy atom. The molecule has 0 aliphatic carbocycles. The Balaban J connectivity index is 1.21. The summed E-state index contributed by atoms with van der Waals surface area (Å²) in [7, 11) is 0. The number of benzene rings is 10. The van der Waals surface area contributed by atoms with Gasteiger partial charge in [0.05, 0.1) is 22.7 Å². The van der Waals surface area contributed by atoms with Crippen LogP contribution in [0.5, 0.6) is 0 Å². The number of hydrogen-bond acceptors (Lipinski definition) is 4. The van der Waals surface area contributed by atoms with Gasteiger partial charge in [-0.05, 0) is 117 Å². The fourth-order valence-electron chi connectivity index (χ4n) is 9.65. The van der Waals surface area contributed by atoms with Crippen molar-refractivity contribution >= 4 is 45.5 Å². The Morgan fingerprint density at radius 2 is 0.456 bits per heavy atom. The molecule has 0 aromatic heterocycles. The molecule has 0 radical (unpaired) electrons. The summed E-state index contributed by atoms with van der Waals surface area (Å²) in [4.78, 5) is 8.80. The fourth-order valence-corrected chi connectivity index (χ4v) is 9.65. The van der Waals surface area contributed by atoms with Gasteiger partial charge in [-0.25, -0.2) is 8.78 Å². The molecule has 10 aromatic carbocycles. The van der Waals surface area contributed by atoms with Gasteiger partial charge in [-0.1, -0.05) is 170 Å². The van der Waals surface area contributed by atoms with Gasteiger partial charge in [-0.2, -0.15) is 0 Å². The number of rotatable bonds is 8. The molecule has 0 atom stereocenters. The summed E-state index contributed by atoms with van der Waals surface area (Å²) in [6.07, 6.45) is 0. The predicted octanol–water partition coefficient (Wildman–Crippen LogP) is 17.0. The van der Waals surface area contributed by atoms with E-state index in [0.29, 0.717) is 23.0 Å². The molecule has 68 heavy (non-hydrogen) atoms. The van der Waals surface area contributed by atoms with Crippen molar-refractivity contribution in [2.24, 2.45) is 0 Å². The number of hydrogen-bond donors (Lipinski definition) is 0. The van der Waals surface area contributed by atoms with Crippen LogP contribution in [0.2, 0.25) is 0 Å². The SMILES string of the molecule is Fc1ccc2c(c1)N(c1cccc(-c3ccccc3)c1)/C(=C1\N(c3cccc(-c4ccccc4)c3)c3ccc(F)cc3N1c1cccc(-c3ccccc3)c1)N2c1cccc(-c2ccccc2)c1. The van der Waals surface area contributed by atoms with E-state index in [9.17, 15) is 0 Å². The zero-order valence-electron chi connectivity index (χ0n) is 36.8. The van der Waals surface area contributed by atoms with Crippen molar-refractivity contribution < 1.29 is 8.78 Å². The van der Waals surface area contributed by atoms with Crippen molar-refractivity contribution in [3.63, 3.8) is 0 Å². The molecule has 0 saturated carbocycles. The first-order valence-corrected chi connectivity index (χ1v) is 22.7. The van der Waals surface area contributed by atoms with Crippen molar-refractivity contribution in [2.75, 3.05) is 19.6 Å². The smallest absolute Gasteiger partial charge is 0.166 e. The summed E-state index contributed by atoms with van der Waals surface area (Å²) in [5.74, 6) is 0.698. The van der Waals surface area contributed by atoms with Crippen LogP contribution in [-0.4, -0.2) is 0 Å². The van der Waals surface area contributed by atoms with Gasteiger partial charge in [0.25, 0.3) is 0 Å². The van der Waals surface area contributed by atoms with Gasteiger partial charge in [0.1, 0.15) is 11.6 Å². The summed E-state index contributed by atoms with van der Waals surface area (Å²) in [6, 6.07) is 85.0. The molecule has 12 rings (SSSR count). The molecule has 4 nitrogen and oxygen atoms in total. The first-order valence-electron chi connectivity index (χ1n) is 22.7. The summed E-state index contributed by atoms with van der Waals surface area (Å²) in [5.41, 5.74) is 14.5. The van der Waals surface area contributed by atoms with E-state index in [1.54, 1.807) is 12.1 Å². The quantitative estimate of drug-likeness (QED) is 0.151. The van der Waals surface area contributed by atoms with Crippen LogP contribution < -0.4 is 19.6 Å². The summed E-state index contributed by atoms with van der Waals surface area (Å²) in [6.45, 7) is 0.